The van der Waals surface area contributed by atoms with Gasteiger partial charge in [0.25, 0.3) is 5.91 Å². The van der Waals surface area contributed by atoms with Crippen molar-refractivity contribution in [1.29, 1.82) is 0 Å². The summed E-state index contributed by atoms with van der Waals surface area (Å²) >= 11 is 0. The normalized spacial score (nSPS) is 11.2. The fourth-order valence-corrected chi connectivity index (χ4v) is 3.31. The van der Waals surface area contributed by atoms with E-state index in [0.29, 0.717) is 6.07 Å². The predicted octanol–water partition coefficient (Wildman–Crippen LogP) is -4.83. The van der Waals surface area contributed by atoms with Gasteiger partial charge < -0.3 is 14.4 Å². The summed E-state index contributed by atoms with van der Waals surface area (Å²) in [7, 11) is -10.00. The summed E-state index contributed by atoms with van der Waals surface area (Å²) in [5.41, 5.74) is 0.430. The zero-order valence-corrected chi connectivity index (χ0v) is 19.9. The Kier molecular flexibility index (Phi) is 9.19. The fraction of sp³-hybridized carbons (Fsp3) is 0.0714. The molecule has 1 amide bonds. The monoisotopic (exact) mass is 415 g/mol. The number of hydrogen-bond acceptors (Lipinski definition) is 7. The molecule has 0 heterocycles. The minimum atomic E-state index is -5.02. The van der Waals surface area contributed by atoms with Gasteiger partial charge in [0.1, 0.15) is 20.2 Å². The Morgan fingerprint density at radius 3 is 2.04 bits per heavy atom. The fourth-order valence-electron chi connectivity index (χ4n) is 1.98. The van der Waals surface area contributed by atoms with Crippen LogP contribution in [0.1, 0.15) is 6.92 Å². The van der Waals surface area contributed by atoms with Gasteiger partial charge in [0, 0.05) is 11.3 Å². The van der Waals surface area contributed by atoms with Crippen LogP contribution in [0.2, 0.25) is 0 Å². The van der Waals surface area contributed by atoms with Gasteiger partial charge >= 0.3 is 59.1 Å². The van der Waals surface area contributed by atoms with Crippen molar-refractivity contribution < 1.29 is 89.9 Å². The number of hydrogen-bond donors (Lipinski definition) is 1. The molecule has 0 aromatic heterocycles. The molecular weight excluding hydrogens is 404 g/mol. The summed E-state index contributed by atoms with van der Waals surface area (Å²) in [5.74, 6) is -0.501. The molecule has 0 aliphatic heterocycles. The van der Waals surface area contributed by atoms with Crippen molar-refractivity contribution in [3.8, 4) is 0 Å². The largest absolute Gasteiger partial charge is 1.00 e. The van der Waals surface area contributed by atoms with Crippen molar-refractivity contribution >= 4 is 42.6 Å². The van der Waals surface area contributed by atoms with Crippen LogP contribution in [-0.4, -0.2) is 31.8 Å². The Hall–Kier alpha value is -0.270. The molecule has 2 aromatic carbocycles. The molecule has 128 valence electrons. The van der Waals surface area contributed by atoms with Gasteiger partial charge in [-0.25, -0.2) is 16.8 Å². The van der Waals surface area contributed by atoms with Gasteiger partial charge in [-0.15, -0.1) is 0 Å². The van der Waals surface area contributed by atoms with Crippen LogP contribution in [0.15, 0.2) is 52.3 Å². The van der Waals surface area contributed by atoms with E-state index in [1.807, 2.05) is 0 Å². The maximum atomic E-state index is 11.6. The van der Waals surface area contributed by atoms with Crippen LogP contribution in [0, 0.1) is 0 Å². The molecule has 0 bridgehead atoms. The Bertz CT molecular complexity index is 1080. The van der Waals surface area contributed by atoms with Crippen LogP contribution in [0.25, 0.3) is 10.8 Å². The first-order valence-corrected chi connectivity index (χ1v) is 9.18. The van der Waals surface area contributed by atoms with Crippen LogP contribution in [0.5, 0.6) is 0 Å². The van der Waals surface area contributed by atoms with Crippen LogP contribution >= 0.6 is 0 Å². The van der Waals surface area contributed by atoms with E-state index in [9.17, 15) is 30.7 Å². The number of amides is 1. The summed E-state index contributed by atoms with van der Waals surface area (Å²) in [4.78, 5) is 9.92. The van der Waals surface area contributed by atoms with Crippen LogP contribution in [0.4, 0.5) is 5.69 Å². The molecular formula is C14H11NNa2O7S2. The second-order valence-electron chi connectivity index (χ2n) is 5.00. The summed E-state index contributed by atoms with van der Waals surface area (Å²) in [6.07, 6.45) is 0. The number of nitrogens with one attached hydrogen (secondary N) is 1. The number of carbonyl (C=O) groups excluding carboxylic acids is 1. The van der Waals surface area contributed by atoms with Gasteiger partial charge in [-0.2, -0.15) is 0 Å². The standard InChI is InChI=1S/C14H13NO7S2.2Na/c1-8(2)14(16)15-10-3-4-12-9(5-10)6-11(23(17,18)19)7-13(12)24(20,21)22;;/h3-7H,1H2,2H3,(H,15,16)(H,17,18,19)(H,20,21,22);;/q;2*+1/p-2. The topological polar surface area (TPSA) is 144 Å². The van der Waals surface area contributed by atoms with E-state index in [2.05, 4.69) is 11.9 Å². The summed E-state index contributed by atoms with van der Waals surface area (Å²) < 4.78 is 67.6. The van der Waals surface area contributed by atoms with Gasteiger partial charge in [-0.1, -0.05) is 12.6 Å². The number of carbonyl (C=O) groups is 1. The Morgan fingerprint density at radius 2 is 1.58 bits per heavy atom. The SMILES string of the molecule is C=C(C)C(=O)Nc1ccc2c(S(=O)(=O)[O-])cc(S(=O)(=O)[O-])cc2c1.[Na+].[Na+]. The predicted molar refractivity (Wildman–Crippen MR) is 83.3 cm³/mol. The van der Waals surface area contributed by atoms with Crippen LogP contribution < -0.4 is 64.4 Å². The van der Waals surface area contributed by atoms with E-state index < -0.39 is 35.9 Å². The van der Waals surface area contributed by atoms with E-state index in [0.717, 1.165) is 6.07 Å². The Labute approximate surface area is 195 Å². The molecule has 1 N–H and O–H groups in total. The minimum absolute atomic E-state index is 0. The second kappa shape index (κ2) is 9.28. The van der Waals surface area contributed by atoms with Crippen LogP contribution in [-0.2, 0) is 25.0 Å². The zero-order valence-electron chi connectivity index (χ0n) is 14.3. The molecule has 2 aromatic rings. The molecule has 0 radical (unpaired) electrons. The molecule has 8 nitrogen and oxygen atoms in total. The molecule has 0 fully saturated rings. The third kappa shape index (κ3) is 6.13. The van der Waals surface area contributed by atoms with Gasteiger partial charge in [0.15, 0.2) is 0 Å². The number of fused-ring (bicyclic) bond motifs is 1. The number of rotatable bonds is 4. The maximum Gasteiger partial charge on any atom is 1.00 e. The Morgan fingerprint density at radius 1 is 1.00 bits per heavy atom. The van der Waals surface area contributed by atoms with E-state index in [4.69, 9.17) is 0 Å². The average molecular weight is 415 g/mol. The first kappa shape index (κ1) is 25.7. The molecule has 12 heteroatoms. The molecule has 0 atom stereocenters. The van der Waals surface area contributed by atoms with Gasteiger partial charge in [0.05, 0.1) is 9.79 Å². The molecule has 0 saturated heterocycles. The van der Waals surface area contributed by atoms with Crippen LogP contribution in [0.3, 0.4) is 0 Å². The third-order valence-electron chi connectivity index (χ3n) is 3.09. The van der Waals surface area contributed by atoms with E-state index in [1.165, 1.54) is 25.1 Å². The molecule has 0 spiro atoms. The van der Waals surface area contributed by atoms with E-state index >= 15 is 0 Å². The quantitative estimate of drug-likeness (QED) is 0.300. The summed E-state index contributed by atoms with van der Waals surface area (Å²) in [5, 5.41) is 2.39. The van der Waals surface area contributed by atoms with Crippen molar-refractivity contribution in [3.63, 3.8) is 0 Å². The first-order valence-electron chi connectivity index (χ1n) is 6.36. The third-order valence-corrected chi connectivity index (χ3v) is 4.78. The molecule has 0 aliphatic rings. The molecule has 0 saturated carbocycles. The van der Waals surface area contributed by atoms with Crippen molar-refractivity contribution in [2.24, 2.45) is 0 Å². The maximum absolute atomic E-state index is 11.6. The molecule has 0 unspecified atom stereocenters. The molecule has 0 aliphatic carbocycles. The van der Waals surface area contributed by atoms with Gasteiger partial charge in [0.2, 0.25) is 0 Å². The van der Waals surface area contributed by atoms with Crippen molar-refractivity contribution in [2.75, 3.05) is 5.32 Å². The number of benzene rings is 2. The van der Waals surface area contributed by atoms with Crippen molar-refractivity contribution in [2.45, 2.75) is 16.7 Å². The summed E-state index contributed by atoms with van der Waals surface area (Å²) in [6, 6.07) is 5.28. The van der Waals surface area contributed by atoms with Gasteiger partial charge in [-0.05, 0) is 42.0 Å². The Balaban J connectivity index is 0.00000312. The first-order chi connectivity index (χ1) is 10.9. The number of anilines is 1. The average Bonchev–Trinajstić information content (AvgIpc) is 2.43. The van der Waals surface area contributed by atoms with Crippen molar-refractivity contribution in [3.05, 3.63) is 42.5 Å². The van der Waals surface area contributed by atoms with Gasteiger partial charge in [-0.3, -0.25) is 4.79 Å². The van der Waals surface area contributed by atoms with Crippen molar-refractivity contribution in [1.82, 2.24) is 0 Å². The summed E-state index contributed by atoms with van der Waals surface area (Å²) in [6.45, 7) is 4.93. The second-order valence-corrected chi connectivity index (χ2v) is 7.73. The van der Waals surface area contributed by atoms with E-state index in [1.54, 1.807) is 0 Å². The van der Waals surface area contributed by atoms with E-state index in [-0.39, 0.29) is 81.1 Å². The smallest absolute Gasteiger partial charge is 0.744 e. The minimum Gasteiger partial charge on any atom is -0.744 e. The molecule has 26 heavy (non-hydrogen) atoms. The zero-order chi connectivity index (χ0) is 18.3. The molecule has 2 rings (SSSR count).